The molecule has 2 N–H and O–H groups in total. The second-order valence-corrected chi connectivity index (χ2v) is 4.24. The fourth-order valence-electron chi connectivity index (χ4n) is 2.50. The van der Waals surface area contributed by atoms with E-state index in [1.807, 2.05) is 6.92 Å². The minimum Gasteiger partial charge on any atom is -0.493 e. The van der Waals surface area contributed by atoms with Crippen LogP contribution >= 0.6 is 0 Å². The van der Waals surface area contributed by atoms with E-state index in [-0.39, 0.29) is 6.04 Å². The van der Waals surface area contributed by atoms with Crippen molar-refractivity contribution in [2.75, 3.05) is 13.2 Å². The predicted molar refractivity (Wildman–Crippen MR) is 57.4 cm³/mol. The van der Waals surface area contributed by atoms with Gasteiger partial charge in [0, 0.05) is 35.6 Å². The lowest BCUT2D eigenvalue weighted by Gasteiger charge is -2.15. The summed E-state index contributed by atoms with van der Waals surface area (Å²) in [7, 11) is 0. The van der Waals surface area contributed by atoms with Crippen molar-refractivity contribution < 1.29 is 9.47 Å². The molecule has 80 valence electrons. The van der Waals surface area contributed by atoms with Gasteiger partial charge in [-0.25, -0.2) is 0 Å². The summed E-state index contributed by atoms with van der Waals surface area (Å²) in [6.45, 7) is 3.56. The van der Waals surface area contributed by atoms with E-state index in [9.17, 15) is 0 Å². The molecule has 2 heterocycles. The maximum Gasteiger partial charge on any atom is 0.127 e. The zero-order chi connectivity index (χ0) is 10.4. The number of fused-ring (bicyclic) bond motifs is 2. The third-order valence-electron chi connectivity index (χ3n) is 3.15. The van der Waals surface area contributed by atoms with Crippen molar-refractivity contribution >= 4 is 0 Å². The maximum absolute atomic E-state index is 6.02. The smallest absolute Gasteiger partial charge is 0.127 e. The van der Waals surface area contributed by atoms with Gasteiger partial charge in [0.25, 0.3) is 0 Å². The SMILES string of the molecule is CC(N)c1c2c(cc3c1OCC3)OCC2. The third-order valence-corrected chi connectivity index (χ3v) is 3.15. The second kappa shape index (κ2) is 3.14. The van der Waals surface area contributed by atoms with Crippen molar-refractivity contribution in [2.45, 2.75) is 25.8 Å². The summed E-state index contributed by atoms with van der Waals surface area (Å²) < 4.78 is 11.3. The molecule has 0 amide bonds. The Bertz CT molecular complexity index is 380. The zero-order valence-electron chi connectivity index (χ0n) is 8.88. The number of hydrogen-bond acceptors (Lipinski definition) is 3. The summed E-state index contributed by atoms with van der Waals surface area (Å²) in [6, 6.07) is 2.14. The van der Waals surface area contributed by atoms with E-state index in [4.69, 9.17) is 15.2 Å². The molecule has 3 nitrogen and oxygen atoms in total. The van der Waals surface area contributed by atoms with E-state index >= 15 is 0 Å². The first kappa shape index (κ1) is 9.04. The molecule has 15 heavy (non-hydrogen) atoms. The van der Waals surface area contributed by atoms with Crippen LogP contribution in [-0.4, -0.2) is 13.2 Å². The predicted octanol–water partition coefficient (Wildman–Crippen LogP) is 1.58. The average molecular weight is 205 g/mol. The minimum atomic E-state index is 0.0218. The van der Waals surface area contributed by atoms with Crippen LogP contribution in [0.1, 0.15) is 29.7 Å². The van der Waals surface area contributed by atoms with Gasteiger partial charge in [-0.2, -0.15) is 0 Å². The summed E-state index contributed by atoms with van der Waals surface area (Å²) in [5.41, 5.74) is 9.70. The van der Waals surface area contributed by atoms with Crippen molar-refractivity contribution in [3.05, 3.63) is 22.8 Å². The molecule has 2 aliphatic heterocycles. The zero-order valence-corrected chi connectivity index (χ0v) is 8.88. The lowest BCUT2D eigenvalue weighted by Crippen LogP contribution is -2.09. The minimum absolute atomic E-state index is 0.0218. The highest BCUT2D eigenvalue weighted by molar-refractivity contribution is 5.57. The first-order valence-corrected chi connectivity index (χ1v) is 5.47. The molecule has 0 saturated carbocycles. The normalized spacial score (nSPS) is 19.1. The van der Waals surface area contributed by atoms with Crippen LogP contribution < -0.4 is 15.2 Å². The Kier molecular flexibility index (Phi) is 1.89. The molecule has 1 atom stereocenters. The molecule has 3 heteroatoms. The molecule has 0 aliphatic carbocycles. The number of hydrogen-bond donors (Lipinski definition) is 1. The van der Waals surface area contributed by atoms with Crippen LogP contribution in [0.25, 0.3) is 0 Å². The van der Waals surface area contributed by atoms with Crippen LogP contribution in [0.15, 0.2) is 6.07 Å². The molecule has 0 saturated heterocycles. The number of rotatable bonds is 1. The van der Waals surface area contributed by atoms with E-state index in [1.54, 1.807) is 0 Å². The number of benzene rings is 1. The van der Waals surface area contributed by atoms with Gasteiger partial charge in [0.15, 0.2) is 0 Å². The van der Waals surface area contributed by atoms with Gasteiger partial charge in [0.2, 0.25) is 0 Å². The van der Waals surface area contributed by atoms with Crippen molar-refractivity contribution in [1.82, 2.24) is 0 Å². The highest BCUT2D eigenvalue weighted by atomic mass is 16.5. The number of nitrogens with two attached hydrogens (primary N) is 1. The van der Waals surface area contributed by atoms with Crippen LogP contribution in [0.2, 0.25) is 0 Å². The highest BCUT2D eigenvalue weighted by Gasteiger charge is 2.27. The van der Waals surface area contributed by atoms with Gasteiger partial charge in [-0.15, -0.1) is 0 Å². The molecule has 0 aromatic heterocycles. The van der Waals surface area contributed by atoms with Gasteiger partial charge < -0.3 is 15.2 Å². The third kappa shape index (κ3) is 1.23. The van der Waals surface area contributed by atoms with Crippen molar-refractivity contribution in [2.24, 2.45) is 5.73 Å². The lowest BCUT2D eigenvalue weighted by atomic mass is 9.95. The Balaban J connectivity index is 2.25. The van der Waals surface area contributed by atoms with Crippen LogP contribution in [0.5, 0.6) is 11.5 Å². The highest BCUT2D eigenvalue weighted by Crippen LogP contribution is 2.42. The molecular weight excluding hydrogens is 190 g/mol. The first-order chi connectivity index (χ1) is 7.27. The Morgan fingerprint density at radius 1 is 1.27 bits per heavy atom. The molecule has 1 unspecified atom stereocenters. The Morgan fingerprint density at radius 2 is 2.07 bits per heavy atom. The topological polar surface area (TPSA) is 44.5 Å². The van der Waals surface area contributed by atoms with Gasteiger partial charge in [-0.1, -0.05) is 0 Å². The standard InChI is InChI=1S/C12H15NO2/c1-7(13)11-9-3-5-14-10(9)6-8-2-4-15-12(8)11/h6-7H,2-5,13H2,1H3. The van der Waals surface area contributed by atoms with Crippen molar-refractivity contribution in [3.8, 4) is 11.5 Å². The first-order valence-electron chi connectivity index (χ1n) is 5.47. The molecule has 0 spiro atoms. The van der Waals surface area contributed by atoms with Gasteiger partial charge in [0.1, 0.15) is 11.5 Å². The van der Waals surface area contributed by atoms with E-state index in [0.717, 1.165) is 43.1 Å². The summed E-state index contributed by atoms with van der Waals surface area (Å²) in [4.78, 5) is 0. The van der Waals surface area contributed by atoms with Gasteiger partial charge in [-0.3, -0.25) is 0 Å². The molecule has 3 rings (SSSR count). The molecule has 0 fully saturated rings. The number of ether oxygens (including phenoxy) is 2. The van der Waals surface area contributed by atoms with Gasteiger partial charge in [0.05, 0.1) is 13.2 Å². The average Bonchev–Trinajstić information content (AvgIpc) is 2.79. The molecule has 1 aromatic carbocycles. The molecule has 2 aliphatic rings. The monoisotopic (exact) mass is 205 g/mol. The van der Waals surface area contributed by atoms with Crippen molar-refractivity contribution in [1.29, 1.82) is 0 Å². The Hall–Kier alpha value is -1.22. The van der Waals surface area contributed by atoms with Crippen LogP contribution in [0, 0.1) is 0 Å². The Labute approximate surface area is 89.2 Å². The second-order valence-electron chi connectivity index (χ2n) is 4.24. The van der Waals surface area contributed by atoms with Crippen molar-refractivity contribution in [3.63, 3.8) is 0 Å². The largest absolute Gasteiger partial charge is 0.493 e. The van der Waals surface area contributed by atoms with E-state index in [1.165, 1.54) is 11.1 Å². The Morgan fingerprint density at radius 3 is 2.87 bits per heavy atom. The van der Waals surface area contributed by atoms with E-state index in [0.29, 0.717) is 0 Å². The molecule has 1 aromatic rings. The van der Waals surface area contributed by atoms with E-state index < -0.39 is 0 Å². The summed E-state index contributed by atoms with van der Waals surface area (Å²) >= 11 is 0. The van der Waals surface area contributed by atoms with Crippen LogP contribution in [-0.2, 0) is 12.8 Å². The van der Waals surface area contributed by atoms with Gasteiger partial charge in [-0.05, 0) is 13.0 Å². The summed E-state index contributed by atoms with van der Waals surface area (Å²) in [6.07, 6.45) is 1.94. The van der Waals surface area contributed by atoms with E-state index in [2.05, 4.69) is 6.07 Å². The summed E-state index contributed by atoms with van der Waals surface area (Å²) in [5, 5.41) is 0. The van der Waals surface area contributed by atoms with Gasteiger partial charge >= 0.3 is 0 Å². The fourth-order valence-corrected chi connectivity index (χ4v) is 2.50. The quantitative estimate of drug-likeness (QED) is 0.757. The molecular formula is C12H15NO2. The fraction of sp³-hybridized carbons (Fsp3) is 0.500. The van der Waals surface area contributed by atoms with Crippen LogP contribution in [0.4, 0.5) is 0 Å². The molecule has 0 bridgehead atoms. The van der Waals surface area contributed by atoms with Crippen LogP contribution in [0.3, 0.4) is 0 Å². The molecule has 0 radical (unpaired) electrons. The lowest BCUT2D eigenvalue weighted by molar-refractivity contribution is 0.351. The summed E-state index contributed by atoms with van der Waals surface area (Å²) in [5.74, 6) is 2.04. The maximum atomic E-state index is 6.02.